The molecule has 0 radical (unpaired) electrons. The lowest BCUT2D eigenvalue weighted by atomic mass is 9.91. The van der Waals surface area contributed by atoms with Gasteiger partial charge in [-0.15, -0.1) is 0 Å². The largest absolute Gasteiger partial charge is 0.496 e. The number of rotatable bonds is 11. The zero-order chi connectivity index (χ0) is 30.1. The summed E-state index contributed by atoms with van der Waals surface area (Å²) >= 11 is 6.26. The number of hydrogen-bond acceptors (Lipinski definition) is 6. The first-order chi connectivity index (χ1) is 20.3. The van der Waals surface area contributed by atoms with E-state index in [9.17, 15) is 19.5 Å². The highest BCUT2D eigenvalue weighted by molar-refractivity contribution is 6.30. The maximum Gasteiger partial charge on any atom is 0.335 e. The van der Waals surface area contributed by atoms with Gasteiger partial charge in [-0.1, -0.05) is 66.1 Å². The van der Waals surface area contributed by atoms with Gasteiger partial charge < -0.3 is 14.7 Å². The molecule has 2 amide bonds. The molecule has 0 saturated carbocycles. The van der Waals surface area contributed by atoms with Crippen LogP contribution in [0.3, 0.4) is 0 Å². The highest BCUT2D eigenvalue weighted by Gasteiger charge is 2.35. The number of ether oxygens (including phenoxy) is 1. The van der Waals surface area contributed by atoms with Gasteiger partial charge in [0.1, 0.15) is 12.4 Å². The third-order valence-electron chi connectivity index (χ3n) is 7.56. The van der Waals surface area contributed by atoms with E-state index in [2.05, 4.69) is 5.16 Å². The molecule has 0 bridgehead atoms. The fourth-order valence-electron chi connectivity index (χ4n) is 5.16. The van der Waals surface area contributed by atoms with Crippen LogP contribution in [0.25, 0.3) is 0 Å². The van der Waals surface area contributed by atoms with Crippen LogP contribution in [0.4, 0.5) is 0 Å². The van der Waals surface area contributed by atoms with Gasteiger partial charge in [-0.2, -0.15) is 0 Å². The topological polar surface area (TPSA) is 106 Å². The van der Waals surface area contributed by atoms with Gasteiger partial charge in [0, 0.05) is 17.4 Å². The lowest BCUT2D eigenvalue weighted by Crippen LogP contribution is -2.42. The smallest absolute Gasteiger partial charge is 0.335 e. The Morgan fingerprint density at radius 3 is 2.50 bits per heavy atom. The highest BCUT2D eigenvalue weighted by atomic mass is 35.5. The van der Waals surface area contributed by atoms with Crippen molar-refractivity contribution in [2.24, 2.45) is 11.1 Å². The fourth-order valence-corrected chi connectivity index (χ4v) is 5.36. The van der Waals surface area contributed by atoms with E-state index >= 15 is 0 Å². The molecule has 3 aromatic rings. The Morgan fingerprint density at radius 2 is 1.83 bits per heavy atom. The van der Waals surface area contributed by atoms with Crippen LogP contribution in [0.2, 0.25) is 5.02 Å². The zero-order valence-electron chi connectivity index (χ0n) is 23.8. The molecule has 220 valence electrons. The van der Waals surface area contributed by atoms with Gasteiger partial charge >= 0.3 is 5.97 Å². The number of carboxylic acids is 1. The third-order valence-corrected chi connectivity index (χ3v) is 7.79. The number of oxime groups is 1. The van der Waals surface area contributed by atoms with E-state index in [1.54, 1.807) is 37.4 Å². The molecule has 2 atom stereocenters. The summed E-state index contributed by atoms with van der Waals surface area (Å²) in [4.78, 5) is 45.9. The van der Waals surface area contributed by atoms with Crippen LogP contribution in [-0.2, 0) is 27.5 Å². The molecule has 8 nitrogen and oxygen atoms in total. The van der Waals surface area contributed by atoms with Gasteiger partial charge in [-0.25, -0.2) is 4.79 Å². The summed E-state index contributed by atoms with van der Waals surface area (Å²) in [6.07, 6.45) is 2.08. The van der Waals surface area contributed by atoms with Gasteiger partial charge in [0.05, 0.1) is 24.9 Å². The quantitative estimate of drug-likeness (QED) is 0.255. The average Bonchev–Trinajstić information content (AvgIpc) is 3.15. The first-order valence-electron chi connectivity index (χ1n) is 14.0. The van der Waals surface area contributed by atoms with Gasteiger partial charge in [0.2, 0.25) is 11.8 Å². The Morgan fingerprint density at radius 1 is 1.10 bits per heavy atom. The standard InChI is InChI=1S/C33H35ClN2O6/c1-3-23(24-9-11-25(12-10-24)33(39)40)19-31(37)36-20-29(35-42-21-22-7-5-4-6-8-22)15-13-26(32(36)38)17-27-18-28(34)14-16-30(27)41-2/h4-12,14,16,18,23,26H,3,13,15,17,19-21H2,1-2H3,(H,39,40)/b35-29+/t23-,26?/m0/s1. The second kappa shape index (κ2) is 14.6. The third kappa shape index (κ3) is 7.97. The van der Waals surface area contributed by atoms with E-state index in [0.29, 0.717) is 42.2 Å². The molecule has 0 aromatic heterocycles. The number of carbonyl (C=O) groups is 3. The molecular formula is C33H35ClN2O6. The molecule has 1 saturated heterocycles. The van der Waals surface area contributed by atoms with E-state index < -0.39 is 11.9 Å². The van der Waals surface area contributed by atoms with Crippen molar-refractivity contribution in [3.05, 3.63) is 100 Å². The van der Waals surface area contributed by atoms with Crippen LogP contribution < -0.4 is 4.74 Å². The molecule has 9 heteroatoms. The summed E-state index contributed by atoms with van der Waals surface area (Å²) in [6, 6.07) is 21.5. The lowest BCUT2D eigenvalue weighted by molar-refractivity contribution is -0.146. The average molecular weight is 591 g/mol. The molecule has 42 heavy (non-hydrogen) atoms. The van der Waals surface area contributed by atoms with Crippen LogP contribution in [0.5, 0.6) is 5.75 Å². The normalized spacial score (nSPS) is 17.0. The molecule has 4 rings (SSSR count). The molecule has 1 fully saturated rings. The Kier molecular flexibility index (Phi) is 10.7. The van der Waals surface area contributed by atoms with Crippen molar-refractivity contribution in [1.82, 2.24) is 4.90 Å². The van der Waals surface area contributed by atoms with Crippen LogP contribution in [0.1, 0.15) is 65.6 Å². The van der Waals surface area contributed by atoms with E-state index in [1.807, 2.05) is 37.3 Å². The van der Waals surface area contributed by atoms with Crippen LogP contribution in [0.15, 0.2) is 78.0 Å². The van der Waals surface area contributed by atoms with Gasteiger partial charge in [-0.3, -0.25) is 14.5 Å². The van der Waals surface area contributed by atoms with E-state index in [1.165, 1.54) is 17.0 Å². The Labute approximate surface area is 250 Å². The summed E-state index contributed by atoms with van der Waals surface area (Å²) in [5.74, 6) is -1.63. The maximum absolute atomic E-state index is 13.9. The zero-order valence-corrected chi connectivity index (χ0v) is 24.5. The second-order valence-electron chi connectivity index (χ2n) is 10.4. The Balaban J connectivity index is 1.57. The predicted molar refractivity (Wildman–Crippen MR) is 161 cm³/mol. The number of nitrogens with zero attached hydrogens (tertiary/aromatic N) is 2. The highest BCUT2D eigenvalue weighted by Crippen LogP contribution is 2.30. The molecule has 3 aromatic carbocycles. The molecule has 1 aliphatic rings. The van der Waals surface area contributed by atoms with E-state index in [0.717, 1.165) is 16.7 Å². The molecule has 1 unspecified atom stereocenters. The van der Waals surface area contributed by atoms with Crippen molar-refractivity contribution in [3.63, 3.8) is 0 Å². The Hall–Kier alpha value is -4.17. The summed E-state index contributed by atoms with van der Waals surface area (Å²) in [7, 11) is 1.57. The van der Waals surface area contributed by atoms with E-state index in [-0.39, 0.29) is 42.9 Å². The first kappa shape index (κ1) is 30.8. The van der Waals surface area contributed by atoms with Gasteiger partial charge in [0.25, 0.3) is 0 Å². The number of carboxylic acid groups (broad SMARTS) is 1. The van der Waals surface area contributed by atoms with Gasteiger partial charge in [-0.05, 0) is 78.6 Å². The number of methoxy groups -OCH3 is 1. The van der Waals surface area contributed by atoms with Crippen molar-refractivity contribution >= 4 is 35.1 Å². The monoisotopic (exact) mass is 590 g/mol. The van der Waals surface area contributed by atoms with Crippen molar-refractivity contribution < 1.29 is 29.1 Å². The SMILES string of the molecule is CC[C@@H](CC(=O)N1C/C(=N/OCc2ccccc2)CCC(Cc2cc(Cl)ccc2OC)C1=O)c1ccc(C(=O)O)cc1. The predicted octanol–water partition coefficient (Wildman–Crippen LogP) is 6.51. The summed E-state index contributed by atoms with van der Waals surface area (Å²) in [6.45, 7) is 2.29. The fraction of sp³-hybridized carbons (Fsp3) is 0.333. The number of likely N-dealkylation sites (tertiary alicyclic amines) is 1. The molecule has 1 N–H and O–H groups in total. The van der Waals surface area contributed by atoms with E-state index in [4.69, 9.17) is 21.2 Å². The Bertz CT molecular complexity index is 1420. The maximum atomic E-state index is 13.9. The summed E-state index contributed by atoms with van der Waals surface area (Å²) in [5.41, 5.74) is 3.40. The number of imide groups is 1. The van der Waals surface area contributed by atoms with Crippen LogP contribution in [0, 0.1) is 5.92 Å². The van der Waals surface area contributed by atoms with Crippen LogP contribution >= 0.6 is 11.6 Å². The summed E-state index contributed by atoms with van der Waals surface area (Å²) in [5, 5.41) is 14.1. The second-order valence-corrected chi connectivity index (χ2v) is 10.8. The summed E-state index contributed by atoms with van der Waals surface area (Å²) < 4.78 is 5.51. The minimum absolute atomic E-state index is 0.0457. The first-order valence-corrected chi connectivity index (χ1v) is 14.4. The van der Waals surface area contributed by atoms with Crippen LogP contribution in [-0.4, -0.2) is 47.2 Å². The number of halogens is 1. The number of benzene rings is 3. The van der Waals surface area contributed by atoms with Crippen molar-refractivity contribution in [1.29, 1.82) is 0 Å². The molecule has 0 aliphatic carbocycles. The molecular weight excluding hydrogens is 556 g/mol. The van der Waals surface area contributed by atoms with Gasteiger partial charge in [0.15, 0.2) is 0 Å². The van der Waals surface area contributed by atoms with Crippen molar-refractivity contribution in [2.75, 3.05) is 13.7 Å². The van der Waals surface area contributed by atoms with Crippen molar-refractivity contribution in [2.45, 2.75) is 51.6 Å². The number of amides is 2. The molecule has 1 aliphatic heterocycles. The number of aromatic carboxylic acids is 1. The molecule has 1 heterocycles. The molecule has 0 spiro atoms. The minimum atomic E-state index is -1.01. The number of hydrogen-bond donors (Lipinski definition) is 1. The van der Waals surface area contributed by atoms with Crippen molar-refractivity contribution in [3.8, 4) is 5.75 Å². The number of carbonyl (C=O) groups excluding carboxylic acids is 2. The minimum Gasteiger partial charge on any atom is -0.496 e. The lowest BCUT2D eigenvalue weighted by Gasteiger charge is -2.25.